The van der Waals surface area contributed by atoms with E-state index >= 15 is 0 Å². The number of ether oxygens (including phenoxy) is 1. The molecule has 0 unspecified atom stereocenters. The molecule has 1 aliphatic rings. The van der Waals surface area contributed by atoms with E-state index in [4.69, 9.17) is 9.84 Å². The van der Waals surface area contributed by atoms with Crippen LogP contribution in [0.15, 0.2) is 0 Å². The Morgan fingerprint density at radius 2 is 2.33 bits per heavy atom. The van der Waals surface area contributed by atoms with Crippen LogP contribution in [0.5, 0.6) is 0 Å². The topological polar surface area (TPSA) is 46.5 Å². The fraction of sp³-hybridized carbons (Fsp3) is 0.800. The zero-order valence-electron chi connectivity index (χ0n) is 4.87. The maximum Gasteiger partial charge on any atom is 0.332 e. The summed E-state index contributed by atoms with van der Waals surface area (Å²) in [5, 5.41) is 8.29. The van der Waals surface area contributed by atoms with E-state index in [1.807, 2.05) is 0 Å². The van der Waals surface area contributed by atoms with Crippen molar-refractivity contribution >= 4 is 18.4 Å². The molecule has 0 aliphatic carbocycles. The molecule has 3 nitrogen and oxygen atoms in total. The van der Waals surface area contributed by atoms with Gasteiger partial charge >= 0.3 is 5.97 Å². The summed E-state index contributed by atoms with van der Waals surface area (Å²) < 4.78 is 4.81. The van der Waals surface area contributed by atoms with E-state index in [-0.39, 0.29) is 12.4 Å². The van der Waals surface area contributed by atoms with Gasteiger partial charge in [0.05, 0.1) is 0 Å². The van der Waals surface area contributed by atoms with E-state index in [0.29, 0.717) is 13.0 Å². The first-order valence-corrected chi connectivity index (χ1v) is 2.65. The first-order valence-electron chi connectivity index (χ1n) is 2.65. The molecule has 4 heteroatoms. The van der Waals surface area contributed by atoms with Crippen molar-refractivity contribution in [1.29, 1.82) is 0 Å². The van der Waals surface area contributed by atoms with Crippen molar-refractivity contribution < 1.29 is 14.6 Å². The number of carboxylic acid groups (broad SMARTS) is 1. The highest BCUT2D eigenvalue weighted by Gasteiger charge is 2.21. The Balaban J connectivity index is 0.000000640. The molecule has 0 aromatic rings. The molecule has 0 spiro atoms. The Morgan fingerprint density at radius 3 is 2.56 bits per heavy atom. The van der Waals surface area contributed by atoms with Crippen molar-refractivity contribution in [3.05, 3.63) is 0 Å². The highest BCUT2D eigenvalue weighted by Crippen LogP contribution is 2.10. The van der Waals surface area contributed by atoms with Crippen LogP contribution in [0.25, 0.3) is 0 Å². The Kier molecular flexibility index (Phi) is 3.58. The van der Waals surface area contributed by atoms with Crippen LogP contribution in [0.4, 0.5) is 0 Å². The molecule has 54 valence electrons. The molecule has 1 aliphatic heterocycles. The molecule has 0 aromatic carbocycles. The second-order valence-electron chi connectivity index (χ2n) is 1.84. The molecule has 1 atom stereocenters. The largest absolute Gasteiger partial charge is 0.479 e. The van der Waals surface area contributed by atoms with Crippen LogP contribution < -0.4 is 0 Å². The molecule has 1 rings (SSSR count). The van der Waals surface area contributed by atoms with Gasteiger partial charge in [0, 0.05) is 6.61 Å². The van der Waals surface area contributed by atoms with Crippen LogP contribution in [-0.4, -0.2) is 23.8 Å². The van der Waals surface area contributed by atoms with Crippen LogP contribution in [0.3, 0.4) is 0 Å². The van der Waals surface area contributed by atoms with Gasteiger partial charge in [0.15, 0.2) is 6.10 Å². The number of carboxylic acids is 1. The summed E-state index contributed by atoms with van der Waals surface area (Å²) in [7, 11) is 0. The van der Waals surface area contributed by atoms with E-state index in [1.54, 1.807) is 0 Å². The Morgan fingerprint density at radius 1 is 1.67 bits per heavy atom. The first kappa shape index (κ1) is 8.72. The number of rotatable bonds is 1. The number of hydrogen-bond acceptors (Lipinski definition) is 2. The zero-order valence-corrected chi connectivity index (χ0v) is 5.69. The maximum absolute atomic E-state index is 10.1. The van der Waals surface area contributed by atoms with Gasteiger partial charge in [0.2, 0.25) is 0 Å². The maximum atomic E-state index is 10.1. The minimum atomic E-state index is -0.831. The fourth-order valence-electron chi connectivity index (χ4n) is 0.772. The minimum absolute atomic E-state index is 0. The SMILES string of the molecule is Cl.O=C(O)[C@H]1CCCO1. The highest BCUT2D eigenvalue weighted by molar-refractivity contribution is 5.85. The quantitative estimate of drug-likeness (QED) is 0.601. The molecule has 0 bridgehead atoms. The van der Waals surface area contributed by atoms with E-state index in [1.165, 1.54) is 0 Å². The average Bonchev–Trinajstić information content (AvgIpc) is 2.12. The fourth-order valence-corrected chi connectivity index (χ4v) is 0.772. The lowest BCUT2D eigenvalue weighted by atomic mass is 10.2. The lowest BCUT2D eigenvalue weighted by Gasteiger charge is -1.98. The van der Waals surface area contributed by atoms with Crippen molar-refractivity contribution in [3.8, 4) is 0 Å². The normalized spacial score (nSPS) is 25.1. The summed E-state index contributed by atoms with van der Waals surface area (Å²) in [6.45, 7) is 0.608. The van der Waals surface area contributed by atoms with Crippen molar-refractivity contribution in [2.45, 2.75) is 18.9 Å². The molecule has 0 saturated carbocycles. The van der Waals surface area contributed by atoms with Gasteiger partial charge in [-0.15, -0.1) is 12.4 Å². The van der Waals surface area contributed by atoms with Gasteiger partial charge in [0.25, 0.3) is 0 Å². The summed E-state index contributed by atoms with van der Waals surface area (Å²) in [4.78, 5) is 10.1. The van der Waals surface area contributed by atoms with E-state index in [9.17, 15) is 4.79 Å². The van der Waals surface area contributed by atoms with Crippen LogP contribution in [0, 0.1) is 0 Å². The molecule has 1 saturated heterocycles. The van der Waals surface area contributed by atoms with Crippen molar-refractivity contribution in [2.24, 2.45) is 0 Å². The summed E-state index contributed by atoms with van der Waals surface area (Å²) in [6.07, 6.45) is 1.04. The first-order chi connectivity index (χ1) is 3.80. The van der Waals surface area contributed by atoms with Gasteiger partial charge in [-0.3, -0.25) is 0 Å². The molecule has 1 fully saturated rings. The standard InChI is InChI=1S/C5H8O3.ClH/c6-5(7)4-2-1-3-8-4;/h4H,1-3H2,(H,6,7);1H/t4-;/m1./s1. The van der Waals surface area contributed by atoms with Gasteiger partial charge in [-0.2, -0.15) is 0 Å². The summed E-state index contributed by atoms with van der Waals surface area (Å²) in [6, 6.07) is 0. The average molecular weight is 153 g/mol. The number of hydrogen-bond donors (Lipinski definition) is 1. The van der Waals surface area contributed by atoms with E-state index in [2.05, 4.69) is 0 Å². The molecule has 1 N–H and O–H groups in total. The number of halogens is 1. The van der Waals surface area contributed by atoms with Crippen LogP contribution in [0.1, 0.15) is 12.8 Å². The molecule has 9 heavy (non-hydrogen) atoms. The second-order valence-corrected chi connectivity index (χ2v) is 1.84. The van der Waals surface area contributed by atoms with Crippen LogP contribution in [0.2, 0.25) is 0 Å². The zero-order chi connectivity index (χ0) is 5.98. The summed E-state index contributed by atoms with van der Waals surface area (Å²) >= 11 is 0. The van der Waals surface area contributed by atoms with Crippen LogP contribution in [-0.2, 0) is 9.53 Å². The lowest BCUT2D eigenvalue weighted by Crippen LogP contribution is -2.17. The van der Waals surface area contributed by atoms with E-state index in [0.717, 1.165) is 6.42 Å². The monoisotopic (exact) mass is 152 g/mol. The molecule has 1 heterocycles. The Hall–Kier alpha value is -0.280. The van der Waals surface area contributed by atoms with Gasteiger partial charge in [0.1, 0.15) is 0 Å². The highest BCUT2D eigenvalue weighted by atomic mass is 35.5. The third kappa shape index (κ3) is 2.20. The number of carbonyl (C=O) groups is 1. The lowest BCUT2D eigenvalue weighted by molar-refractivity contribution is -0.147. The van der Waals surface area contributed by atoms with Crippen molar-refractivity contribution in [3.63, 3.8) is 0 Å². The third-order valence-corrected chi connectivity index (χ3v) is 1.21. The minimum Gasteiger partial charge on any atom is -0.479 e. The van der Waals surface area contributed by atoms with Crippen molar-refractivity contribution in [1.82, 2.24) is 0 Å². The van der Waals surface area contributed by atoms with Gasteiger partial charge < -0.3 is 9.84 Å². The van der Waals surface area contributed by atoms with Gasteiger partial charge in [-0.1, -0.05) is 0 Å². The molecular formula is C5H9ClO3. The molecule has 0 amide bonds. The van der Waals surface area contributed by atoms with Crippen molar-refractivity contribution in [2.75, 3.05) is 6.61 Å². The third-order valence-electron chi connectivity index (χ3n) is 1.21. The Labute approximate surface area is 59.4 Å². The second kappa shape index (κ2) is 3.69. The molecular weight excluding hydrogens is 144 g/mol. The van der Waals surface area contributed by atoms with Gasteiger partial charge in [-0.05, 0) is 12.8 Å². The predicted molar refractivity (Wildman–Crippen MR) is 33.9 cm³/mol. The predicted octanol–water partition coefficient (Wildman–Crippen LogP) is 0.672. The van der Waals surface area contributed by atoms with Gasteiger partial charge in [-0.25, -0.2) is 4.79 Å². The smallest absolute Gasteiger partial charge is 0.332 e. The summed E-state index contributed by atoms with van der Waals surface area (Å²) in [5.41, 5.74) is 0. The van der Waals surface area contributed by atoms with Crippen LogP contribution >= 0.6 is 12.4 Å². The molecule has 0 aromatic heterocycles. The van der Waals surface area contributed by atoms with E-state index < -0.39 is 12.1 Å². The molecule has 0 radical (unpaired) electrons. The number of aliphatic carboxylic acids is 1. The Bertz CT molecular complexity index is 98.4. The summed E-state index contributed by atoms with van der Waals surface area (Å²) in [5.74, 6) is -0.831.